The molecule has 2 heterocycles. The van der Waals surface area contributed by atoms with Crippen LogP contribution in [0.2, 0.25) is 0 Å². The third-order valence-corrected chi connectivity index (χ3v) is 7.23. The average Bonchev–Trinajstić information content (AvgIpc) is 2.78. The topological polar surface area (TPSA) is 108 Å². The number of carbonyl (C=O) groups is 2. The number of fused-ring (bicyclic) bond motifs is 1. The zero-order chi connectivity index (χ0) is 22.0. The second-order valence-corrected chi connectivity index (χ2v) is 9.38. The normalized spacial score (nSPS) is 19.2. The molecule has 0 radical (unpaired) electrons. The van der Waals surface area contributed by atoms with Gasteiger partial charge in [0.2, 0.25) is 10.0 Å². The van der Waals surface area contributed by atoms with E-state index in [0.29, 0.717) is 31.1 Å². The van der Waals surface area contributed by atoms with Crippen LogP contribution in [-0.4, -0.2) is 61.8 Å². The number of piperazine rings is 1. The molecule has 0 unspecified atom stereocenters. The number of hydrogen-bond acceptors (Lipinski definition) is 5. The van der Waals surface area contributed by atoms with Gasteiger partial charge in [0.05, 0.1) is 10.6 Å². The average molecular weight is 445 g/mol. The van der Waals surface area contributed by atoms with Gasteiger partial charge in [-0.15, -0.1) is 0 Å². The molecule has 0 aromatic heterocycles. The van der Waals surface area contributed by atoms with Crippen LogP contribution in [0.15, 0.2) is 53.4 Å². The largest absolute Gasteiger partial charge is 0.479 e. The number of nitrogens with one attached hydrogen (secondary N) is 2. The molecule has 1 saturated heterocycles. The van der Waals surface area contributed by atoms with E-state index in [1.807, 2.05) is 30.3 Å². The third-order valence-electron chi connectivity index (χ3n) is 5.33. The van der Waals surface area contributed by atoms with E-state index in [-0.39, 0.29) is 29.9 Å². The summed E-state index contributed by atoms with van der Waals surface area (Å²) in [5, 5.41) is 5.53. The summed E-state index contributed by atoms with van der Waals surface area (Å²) in [6, 6.07) is 13.8. The molecular weight excluding hydrogens is 420 g/mol. The van der Waals surface area contributed by atoms with Crippen LogP contribution in [0.1, 0.15) is 12.5 Å². The van der Waals surface area contributed by atoms with Gasteiger partial charge in [-0.2, -0.15) is 4.31 Å². The van der Waals surface area contributed by atoms with Gasteiger partial charge in [0.1, 0.15) is 5.75 Å². The number of benzene rings is 2. The van der Waals surface area contributed by atoms with Crippen LogP contribution in [-0.2, 0) is 21.4 Å². The Balaban J connectivity index is 1.37. The van der Waals surface area contributed by atoms with E-state index in [1.165, 1.54) is 16.4 Å². The second-order valence-electron chi connectivity index (χ2n) is 7.44. The van der Waals surface area contributed by atoms with Gasteiger partial charge in [-0.05, 0) is 30.7 Å². The Morgan fingerprint density at radius 3 is 2.55 bits per heavy atom. The van der Waals surface area contributed by atoms with Crippen molar-refractivity contribution >= 4 is 27.6 Å². The van der Waals surface area contributed by atoms with Crippen molar-refractivity contribution in [1.29, 1.82) is 0 Å². The number of amides is 3. The fourth-order valence-corrected chi connectivity index (χ4v) is 4.96. The summed E-state index contributed by atoms with van der Waals surface area (Å²) in [5.41, 5.74) is 1.33. The highest BCUT2D eigenvalue weighted by atomic mass is 32.2. The lowest BCUT2D eigenvalue weighted by molar-refractivity contribution is -0.122. The van der Waals surface area contributed by atoms with Crippen LogP contribution in [0, 0.1) is 0 Å². The maximum atomic E-state index is 13.1. The van der Waals surface area contributed by atoms with Crippen molar-refractivity contribution in [3.8, 4) is 5.75 Å². The molecule has 31 heavy (non-hydrogen) atoms. The molecule has 3 amide bonds. The second kappa shape index (κ2) is 8.56. The Morgan fingerprint density at radius 1 is 1.13 bits per heavy atom. The van der Waals surface area contributed by atoms with Gasteiger partial charge < -0.3 is 20.3 Å². The molecule has 1 atom stereocenters. The monoisotopic (exact) mass is 444 g/mol. The van der Waals surface area contributed by atoms with Crippen molar-refractivity contribution in [1.82, 2.24) is 14.5 Å². The molecule has 0 bridgehead atoms. The Morgan fingerprint density at radius 2 is 1.84 bits per heavy atom. The van der Waals surface area contributed by atoms with Crippen molar-refractivity contribution in [3.05, 3.63) is 54.1 Å². The molecule has 2 aliphatic heterocycles. The van der Waals surface area contributed by atoms with E-state index in [4.69, 9.17) is 4.74 Å². The number of ether oxygens (including phenoxy) is 1. The zero-order valence-electron chi connectivity index (χ0n) is 17.1. The van der Waals surface area contributed by atoms with Crippen LogP contribution >= 0.6 is 0 Å². The number of hydrogen-bond donors (Lipinski definition) is 2. The summed E-state index contributed by atoms with van der Waals surface area (Å²) in [6.45, 7) is 3.01. The summed E-state index contributed by atoms with van der Waals surface area (Å²) in [6.07, 6.45) is -0.629. The maximum absolute atomic E-state index is 13.1. The molecule has 0 aliphatic carbocycles. The lowest BCUT2D eigenvalue weighted by Crippen LogP contribution is -2.52. The van der Waals surface area contributed by atoms with Crippen molar-refractivity contribution in [2.24, 2.45) is 0 Å². The molecule has 10 heteroatoms. The van der Waals surface area contributed by atoms with E-state index in [9.17, 15) is 18.0 Å². The van der Waals surface area contributed by atoms with Gasteiger partial charge >= 0.3 is 6.03 Å². The molecule has 9 nitrogen and oxygen atoms in total. The molecule has 2 N–H and O–H groups in total. The summed E-state index contributed by atoms with van der Waals surface area (Å²) in [7, 11) is -3.76. The predicted molar refractivity (Wildman–Crippen MR) is 114 cm³/mol. The van der Waals surface area contributed by atoms with Crippen molar-refractivity contribution in [3.63, 3.8) is 0 Å². The quantitative estimate of drug-likeness (QED) is 0.745. The van der Waals surface area contributed by atoms with Gasteiger partial charge in [-0.25, -0.2) is 13.2 Å². The molecule has 2 aromatic carbocycles. The van der Waals surface area contributed by atoms with Gasteiger partial charge in [0.15, 0.2) is 6.10 Å². The standard InChI is InChI=1S/C21H24N4O5S/c1-15-20(26)23-18-13-17(7-8-19(18)30-15)31(28,29)25-11-9-24(10-12-25)21(27)22-14-16-5-3-2-4-6-16/h2-8,13,15H,9-12,14H2,1H3,(H,22,27)(H,23,26)/t15-/m0/s1. The van der Waals surface area contributed by atoms with Crippen LogP contribution in [0.25, 0.3) is 0 Å². The lowest BCUT2D eigenvalue weighted by atomic mass is 10.2. The minimum atomic E-state index is -3.76. The number of anilines is 1. The molecule has 0 spiro atoms. The highest BCUT2D eigenvalue weighted by molar-refractivity contribution is 7.89. The van der Waals surface area contributed by atoms with Crippen molar-refractivity contribution < 1.29 is 22.7 Å². The highest BCUT2D eigenvalue weighted by Gasteiger charge is 2.32. The maximum Gasteiger partial charge on any atom is 0.317 e. The smallest absolute Gasteiger partial charge is 0.317 e. The SMILES string of the molecule is C[C@@H]1Oc2ccc(S(=O)(=O)N3CCN(C(=O)NCc4ccccc4)CC3)cc2NC1=O. The minimum Gasteiger partial charge on any atom is -0.479 e. The first kappa shape index (κ1) is 21.1. The summed E-state index contributed by atoms with van der Waals surface area (Å²) < 4.78 is 33.0. The van der Waals surface area contributed by atoms with Crippen LogP contribution in [0.3, 0.4) is 0 Å². The number of urea groups is 1. The Labute approximate surface area is 181 Å². The number of sulfonamides is 1. The molecule has 0 saturated carbocycles. The van der Waals surface area contributed by atoms with Crippen LogP contribution in [0.5, 0.6) is 5.75 Å². The van der Waals surface area contributed by atoms with Gasteiger partial charge in [0, 0.05) is 32.7 Å². The van der Waals surface area contributed by atoms with Crippen molar-refractivity contribution in [2.75, 3.05) is 31.5 Å². The third kappa shape index (κ3) is 4.49. The van der Waals surface area contributed by atoms with E-state index < -0.39 is 16.1 Å². The Hall–Kier alpha value is -3.11. The highest BCUT2D eigenvalue weighted by Crippen LogP contribution is 2.32. The first-order chi connectivity index (χ1) is 14.8. The summed E-state index contributed by atoms with van der Waals surface area (Å²) in [5.74, 6) is 0.114. The van der Waals surface area contributed by atoms with Gasteiger partial charge in [0.25, 0.3) is 5.91 Å². The molecule has 1 fully saturated rings. The van der Waals surface area contributed by atoms with Crippen molar-refractivity contribution in [2.45, 2.75) is 24.5 Å². The minimum absolute atomic E-state index is 0.0756. The zero-order valence-corrected chi connectivity index (χ0v) is 17.9. The first-order valence-corrected chi connectivity index (χ1v) is 11.5. The molecule has 164 valence electrons. The van der Waals surface area contributed by atoms with E-state index in [1.54, 1.807) is 17.9 Å². The Kier molecular flexibility index (Phi) is 5.84. The molecule has 2 aliphatic rings. The molecular formula is C21H24N4O5S. The lowest BCUT2D eigenvalue weighted by Gasteiger charge is -2.34. The fourth-order valence-electron chi connectivity index (χ4n) is 3.51. The van der Waals surface area contributed by atoms with E-state index in [2.05, 4.69) is 10.6 Å². The number of nitrogens with zero attached hydrogens (tertiary/aromatic N) is 2. The summed E-state index contributed by atoms with van der Waals surface area (Å²) >= 11 is 0. The van der Waals surface area contributed by atoms with E-state index in [0.717, 1.165) is 5.56 Å². The summed E-state index contributed by atoms with van der Waals surface area (Å²) in [4.78, 5) is 25.9. The van der Waals surface area contributed by atoms with Gasteiger partial charge in [-0.1, -0.05) is 30.3 Å². The van der Waals surface area contributed by atoms with E-state index >= 15 is 0 Å². The molecule has 2 aromatic rings. The molecule has 4 rings (SSSR count). The first-order valence-electron chi connectivity index (χ1n) is 10.0. The van der Waals surface area contributed by atoms with Gasteiger partial charge in [-0.3, -0.25) is 4.79 Å². The number of carbonyl (C=O) groups excluding carboxylic acids is 2. The van der Waals surface area contributed by atoms with Crippen LogP contribution in [0.4, 0.5) is 10.5 Å². The predicted octanol–water partition coefficient (Wildman–Crippen LogP) is 1.62. The number of rotatable bonds is 4. The fraction of sp³-hybridized carbons (Fsp3) is 0.333. The van der Waals surface area contributed by atoms with Crippen LogP contribution < -0.4 is 15.4 Å². The Bertz CT molecular complexity index is 1080.